The molecule has 0 fully saturated rings. The minimum Gasteiger partial charge on any atom is -0.472 e. The summed E-state index contributed by atoms with van der Waals surface area (Å²) in [4.78, 5) is 0. The summed E-state index contributed by atoms with van der Waals surface area (Å²) in [6.45, 7) is 0. The van der Waals surface area contributed by atoms with Gasteiger partial charge in [-0.25, -0.2) is 0 Å². The van der Waals surface area contributed by atoms with Crippen LogP contribution in [0.3, 0.4) is 0 Å². The Morgan fingerprint density at radius 2 is 2.00 bits per heavy atom. The summed E-state index contributed by atoms with van der Waals surface area (Å²) in [5.41, 5.74) is 2.21. The zero-order chi connectivity index (χ0) is 8.55. The summed E-state index contributed by atoms with van der Waals surface area (Å²) in [6, 6.07) is 5.17. The largest absolute Gasteiger partial charge is 0.489 e. The van der Waals surface area contributed by atoms with Gasteiger partial charge in [-0.05, 0) is 17.1 Å². The summed E-state index contributed by atoms with van der Waals surface area (Å²) in [6.07, 6.45) is 3.08. The highest BCUT2D eigenvalue weighted by Crippen LogP contribution is 2.19. The number of hydrogen-bond donors (Lipinski definition) is 2. The molecule has 0 spiro atoms. The van der Waals surface area contributed by atoms with Crippen LogP contribution in [0.2, 0.25) is 0 Å². The lowest BCUT2D eigenvalue weighted by Crippen LogP contribution is -2.29. The van der Waals surface area contributed by atoms with Gasteiger partial charge >= 0.3 is 7.12 Å². The number of rotatable bonds is 1. The van der Waals surface area contributed by atoms with Crippen LogP contribution < -0.4 is 5.46 Å². The third-order valence-electron chi connectivity index (χ3n) is 1.85. The highest BCUT2D eigenvalue weighted by Gasteiger charge is 2.18. The Labute approximate surface area is 69.7 Å². The molecule has 0 bridgehead atoms. The van der Waals surface area contributed by atoms with E-state index >= 15 is 0 Å². The van der Waals surface area contributed by atoms with E-state index in [2.05, 4.69) is 0 Å². The third kappa shape index (κ3) is 1.01. The molecule has 0 atom stereocenters. The molecule has 0 saturated carbocycles. The molecule has 2 rings (SSSR count). The van der Waals surface area contributed by atoms with E-state index in [-0.39, 0.29) is 0 Å². The first-order chi connectivity index (χ1) is 5.79. The van der Waals surface area contributed by atoms with E-state index < -0.39 is 7.12 Å². The van der Waals surface area contributed by atoms with Gasteiger partial charge in [0.15, 0.2) is 0 Å². The predicted molar refractivity (Wildman–Crippen MR) is 45.2 cm³/mol. The first-order valence-corrected chi connectivity index (χ1v) is 3.60. The van der Waals surface area contributed by atoms with E-state index in [9.17, 15) is 0 Å². The lowest BCUT2D eigenvalue weighted by atomic mass is 9.79. The number of hydrogen-bond acceptors (Lipinski definition) is 3. The van der Waals surface area contributed by atoms with Gasteiger partial charge in [-0.2, -0.15) is 0 Å². The van der Waals surface area contributed by atoms with Crippen LogP contribution in [0.25, 0.3) is 11.1 Å². The van der Waals surface area contributed by atoms with Crippen LogP contribution in [0.4, 0.5) is 0 Å². The first-order valence-electron chi connectivity index (χ1n) is 3.60. The Kier molecular flexibility index (Phi) is 1.64. The minimum atomic E-state index is -1.41. The van der Waals surface area contributed by atoms with Gasteiger partial charge in [0.2, 0.25) is 0 Å². The fourth-order valence-electron chi connectivity index (χ4n) is 1.27. The van der Waals surface area contributed by atoms with Crippen molar-refractivity contribution >= 4 is 12.6 Å². The van der Waals surface area contributed by atoms with Crippen molar-refractivity contribution < 1.29 is 14.5 Å². The second kappa shape index (κ2) is 2.66. The van der Waals surface area contributed by atoms with Crippen LogP contribution in [0, 0.1) is 0 Å². The van der Waals surface area contributed by atoms with Crippen LogP contribution in [-0.4, -0.2) is 17.2 Å². The second-order valence-corrected chi connectivity index (χ2v) is 2.59. The summed E-state index contributed by atoms with van der Waals surface area (Å²) in [5, 5.41) is 17.9. The van der Waals surface area contributed by atoms with Crippen LogP contribution >= 0.6 is 0 Å². The van der Waals surface area contributed by atoms with Gasteiger partial charge in [0.1, 0.15) is 0 Å². The molecule has 12 heavy (non-hydrogen) atoms. The van der Waals surface area contributed by atoms with Crippen molar-refractivity contribution in [1.29, 1.82) is 0 Å². The van der Waals surface area contributed by atoms with Crippen LogP contribution in [0.5, 0.6) is 0 Å². The Morgan fingerprint density at radius 1 is 1.17 bits per heavy atom. The maximum Gasteiger partial charge on any atom is 0.489 e. The highest BCUT2D eigenvalue weighted by atomic mass is 16.4. The molecule has 1 aliphatic heterocycles. The van der Waals surface area contributed by atoms with Gasteiger partial charge in [-0.3, -0.25) is 0 Å². The standard InChI is InChI=1S/C8H7BO3/c10-9(11)8-2-1-6-5-12-4-3-7(6)8/h1-5,10-11H. The van der Waals surface area contributed by atoms with Crippen LogP contribution in [0.15, 0.2) is 35.1 Å². The van der Waals surface area contributed by atoms with Crippen molar-refractivity contribution in [2.75, 3.05) is 0 Å². The van der Waals surface area contributed by atoms with Crippen molar-refractivity contribution in [2.24, 2.45) is 0 Å². The lowest BCUT2D eigenvalue weighted by Gasteiger charge is -2.00. The van der Waals surface area contributed by atoms with E-state index in [1.165, 1.54) is 6.26 Å². The predicted octanol–water partition coefficient (Wildman–Crippen LogP) is 0.0642. The molecule has 0 aromatic carbocycles. The first kappa shape index (κ1) is 7.40. The zero-order valence-corrected chi connectivity index (χ0v) is 6.27. The molecule has 1 heterocycles. The Morgan fingerprint density at radius 3 is 2.75 bits per heavy atom. The van der Waals surface area contributed by atoms with Crippen molar-refractivity contribution in [3.8, 4) is 11.1 Å². The molecule has 0 aromatic rings. The van der Waals surface area contributed by atoms with E-state index in [1.807, 2.05) is 0 Å². The van der Waals surface area contributed by atoms with Crippen molar-refractivity contribution in [3.63, 3.8) is 0 Å². The minimum absolute atomic E-state index is 0.515. The summed E-state index contributed by atoms with van der Waals surface area (Å²) < 4.78 is 4.92. The van der Waals surface area contributed by atoms with E-state index in [1.54, 1.807) is 24.5 Å². The Hall–Kier alpha value is -1.26. The summed E-state index contributed by atoms with van der Waals surface area (Å²) in [7, 11) is -1.41. The monoisotopic (exact) mass is 162 g/mol. The molecule has 3 nitrogen and oxygen atoms in total. The van der Waals surface area contributed by atoms with Gasteiger partial charge in [-0.15, -0.1) is 0 Å². The molecular weight excluding hydrogens is 155 g/mol. The van der Waals surface area contributed by atoms with Crippen LogP contribution in [-0.2, 0) is 0 Å². The Bertz CT molecular complexity index is 355. The molecule has 0 amide bonds. The normalized spacial score (nSPS) is 10.5. The Balaban J connectivity index is 2.60. The van der Waals surface area contributed by atoms with Gasteiger partial charge in [0.25, 0.3) is 0 Å². The average molecular weight is 162 g/mol. The molecule has 0 saturated heterocycles. The van der Waals surface area contributed by atoms with Gasteiger partial charge in [-0.1, -0.05) is 12.1 Å². The molecule has 1 aliphatic carbocycles. The zero-order valence-electron chi connectivity index (χ0n) is 6.27. The quantitative estimate of drug-likeness (QED) is 0.583. The molecule has 0 aromatic heterocycles. The fraction of sp³-hybridized carbons (Fsp3) is 0. The van der Waals surface area contributed by atoms with Crippen molar-refractivity contribution in [1.82, 2.24) is 0 Å². The molecule has 2 aliphatic rings. The van der Waals surface area contributed by atoms with Gasteiger partial charge < -0.3 is 14.5 Å². The number of fused-ring (bicyclic) bond motifs is 1. The highest BCUT2D eigenvalue weighted by molar-refractivity contribution is 6.60. The fourth-order valence-corrected chi connectivity index (χ4v) is 1.27. The molecule has 0 radical (unpaired) electrons. The molecule has 0 unspecified atom stereocenters. The van der Waals surface area contributed by atoms with Crippen molar-refractivity contribution in [3.05, 3.63) is 30.7 Å². The molecule has 2 N–H and O–H groups in total. The second-order valence-electron chi connectivity index (χ2n) is 2.59. The maximum atomic E-state index is 8.94. The van der Waals surface area contributed by atoms with Gasteiger partial charge in [0.05, 0.1) is 12.5 Å². The SMILES string of the molecule is OB(O)c1ccc2coccc1-2. The molecule has 60 valence electrons. The van der Waals surface area contributed by atoms with Crippen molar-refractivity contribution in [2.45, 2.75) is 0 Å². The van der Waals surface area contributed by atoms with E-state index in [4.69, 9.17) is 14.5 Å². The molecule has 4 heteroatoms. The maximum absolute atomic E-state index is 8.94. The topological polar surface area (TPSA) is 53.6 Å². The molecular formula is C8H7BO3. The van der Waals surface area contributed by atoms with E-state index in [0.717, 1.165) is 11.1 Å². The lowest BCUT2D eigenvalue weighted by molar-refractivity contribution is 0.426. The third-order valence-corrected chi connectivity index (χ3v) is 1.85. The summed E-state index contributed by atoms with van der Waals surface area (Å²) >= 11 is 0. The van der Waals surface area contributed by atoms with Gasteiger partial charge in [0, 0.05) is 5.56 Å². The summed E-state index contributed by atoms with van der Waals surface area (Å²) in [5.74, 6) is 0. The average Bonchev–Trinajstić information content (AvgIpc) is 2.47. The van der Waals surface area contributed by atoms with E-state index in [0.29, 0.717) is 5.46 Å². The van der Waals surface area contributed by atoms with Crippen LogP contribution in [0.1, 0.15) is 0 Å². The smallest absolute Gasteiger partial charge is 0.472 e.